The minimum atomic E-state index is -0.520. The Labute approximate surface area is 131 Å². The van der Waals surface area contributed by atoms with Crippen LogP contribution in [0.15, 0.2) is 24.3 Å². The standard InChI is InChI=1S/C16H24N2O4/c1-16(2,3)22-15(20)18-11-12-5-7-13(8-6-12)14(19)17-9-10-21-4/h5-8H,9-11H2,1-4H3,(H,17,19)(H,18,20). The summed E-state index contributed by atoms with van der Waals surface area (Å²) >= 11 is 0. The van der Waals surface area contributed by atoms with E-state index in [1.165, 1.54) is 0 Å². The number of alkyl carbamates (subject to hydrolysis) is 1. The maximum absolute atomic E-state index is 11.8. The fourth-order valence-corrected chi connectivity index (χ4v) is 1.63. The molecule has 1 aromatic rings. The first-order valence-electron chi connectivity index (χ1n) is 7.15. The summed E-state index contributed by atoms with van der Waals surface area (Å²) in [5, 5.41) is 5.41. The lowest BCUT2D eigenvalue weighted by Crippen LogP contribution is -2.32. The van der Waals surface area contributed by atoms with Crippen molar-refractivity contribution in [2.45, 2.75) is 32.9 Å². The van der Waals surface area contributed by atoms with Gasteiger partial charge in [0.25, 0.3) is 5.91 Å². The van der Waals surface area contributed by atoms with Crippen molar-refractivity contribution in [2.75, 3.05) is 20.3 Å². The van der Waals surface area contributed by atoms with E-state index in [9.17, 15) is 9.59 Å². The Morgan fingerprint density at radius 2 is 1.73 bits per heavy atom. The van der Waals surface area contributed by atoms with Crippen LogP contribution in [-0.4, -0.2) is 37.9 Å². The molecule has 0 aliphatic heterocycles. The second-order valence-electron chi connectivity index (χ2n) is 5.80. The molecule has 1 aromatic carbocycles. The number of carbonyl (C=O) groups is 2. The molecule has 0 unspecified atom stereocenters. The maximum Gasteiger partial charge on any atom is 0.407 e. The predicted molar refractivity (Wildman–Crippen MR) is 83.7 cm³/mol. The molecule has 2 amide bonds. The lowest BCUT2D eigenvalue weighted by molar-refractivity contribution is 0.0523. The number of amides is 2. The summed E-state index contributed by atoms with van der Waals surface area (Å²) in [6.07, 6.45) is -0.464. The van der Waals surface area contributed by atoms with Crippen molar-refractivity contribution in [2.24, 2.45) is 0 Å². The lowest BCUT2D eigenvalue weighted by Gasteiger charge is -2.19. The van der Waals surface area contributed by atoms with Crippen LogP contribution in [0.2, 0.25) is 0 Å². The zero-order valence-corrected chi connectivity index (χ0v) is 13.6. The molecule has 1 rings (SSSR count). The molecule has 0 heterocycles. The highest BCUT2D eigenvalue weighted by atomic mass is 16.6. The first kappa shape index (κ1) is 18.0. The van der Waals surface area contributed by atoms with Gasteiger partial charge in [0.1, 0.15) is 5.60 Å². The fraction of sp³-hybridized carbons (Fsp3) is 0.500. The number of nitrogens with one attached hydrogen (secondary N) is 2. The second-order valence-corrected chi connectivity index (χ2v) is 5.80. The van der Waals surface area contributed by atoms with Gasteiger partial charge >= 0.3 is 6.09 Å². The van der Waals surface area contributed by atoms with Crippen LogP contribution in [-0.2, 0) is 16.0 Å². The quantitative estimate of drug-likeness (QED) is 0.789. The number of benzene rings is 1. The summed E-state index contributed by atoms with van der Waals surface area (Å²) in [5.74, 6) is -0.149. The van der Waals surface area contributed by atoms with Gasteiger partial charge in [-0.2, -0.15) is 0 Å². The largest absolute Gasteiger partial charge is 0.444 e. The summed E-state index contributed by atoms with van der Waals surface area (Å²) in [6.45, 7) is 6.72. The molecule has 0 saturated heterocycles. The summed E-state index contributed by atoms with van der Waals surface area (Å²) in [4.78, 5) is 23.3. The highest BCUT2D eigenvalue weighted by molar-refractivity contribution is 5.94. The zero-order valence-electron chi connectivity index (χ0n) is 13.6. The molecule has 6 nitrogen and oxygen atoms in total. The van der Waals surface area contributed by atoms with E-state index in [4.69, 9.17) is 9.47 Å². The molecule has 122 valence electrons. The number of ether oxygens (including phenoxy) is 2. The van der Waals surface area contributed by atoms with Crippen molar-refractivity contribution in [1.29, 1.82) is 0 Å². The molecule has 0 saturated carbocycles. The molecule has 22 heavy (non-hydrogen) atoms. The molecule has 0 fully saturated rings. The molecule has 0 aliphatic carbocycles. The summed E-state index contributed by atoms with van der Waals surface area (Å²) in [5.41, 5.74) is 0.935. The average molecular weight is 308 g/mol. The maximum atomic E-state index is 11.8. The molecule has 0 atom stereocenters. The fourth-order valence-electron chi connectivity index (χ4n) is 1.63. The van der Waals surface area contributed by atoms with E-state index in [2.05, 4.69) is 10.6 Å². The van der Waals surface area contributed by atoms with Gasteiger partial charge in [0.2, 0.25) is 0 Å². The minimum absolute atomic E-state index is 0.149. The van der Waals surface area contributed by atoms with E-state index in [1.54, 1.807) is 31.4 Å². The SMILES string of the molecule is COCCNC(=O)c1ccc(CNC(=O)OC(C)(C)C)cc1. The molecular weight excluding hydrogens is 284 g/mol. The number of hydrogen-bond acceptors (Lipinski definition) is 4. The normalized spacial score (nSPS) is 10.9. The van der Waals surface area contributed by atoms with Crippen molar-refractivity contribution in [3.05, 3.63) is 35.4 Å². The van der Waals surface area contributed by atoms with Crippen LogP contribution in [0.4, 0.5) is 4.79 Å². The van der Waals surface area contributed by atoms with Crippen molar-refractivity contribution >= 4 is 12.0 Å². The van der Waals surface area contributed by atoms with Crippen LogP contribution >= 0.6 is 0 Å². The smallest absolute Gasteiger partial charge is 0.407 e. The average Bonchev–Trinajstić information content (AvgIpc) is 2.44. The van der Waals surface area contributed by atoms with Crippen LogP contribution in [0.5, 0.6) is 0 Å². The van der Waals surface area contributed by atoms with E-state index in [0.29, 0.717) is 25.3 Å². The van der Waals surface area contributed by atoms with Gasteiger partial charge in [-0.3, -0.25) is 4.79 Å². The Balaban J connectivity index is 2.45. The highest BCUT2D eigenvalue weighted by Crippen LogP contribution is 2.08. The van der Waals surface area contributed by atoms with Crippen LogP contribution in [0, 0.1) is 0 Å². The van der Waals surface area contributed by atoms with Crippen LogP contribution in [0.25, 0.3) is 0 Å². The molecule has 0 aromatic heterocycles. The van der Waals surface area contributed by atoms with E-state index < -0.39 is 11.7 Å². The zero-order chi connectivity index (χ0) is 16.6. The third kappa shape index (κ3) is 7.08. The molecule has 0 radical (unpaired) electrons. The summed E-state index contributed by atoms with van der Waals surface area (Å²) < 4.78 is 10.0. The van der Waals surface area contributed by atoms with Gasteiger partial charge in [-0.25, -0.2) is 4.79 Å². The van der Waals surface area contributed by atoms with E-state index >= 15 is 0 Å². The Kier molecular flexibility index (Phi) is 6.85. The molecule has 0 bridgehead atoms. The van der Waals surface area contributed by atoms with Crippen LogP contribution in [0.1, 0.15) is 36.7 Å². The molecular formula is C16H24N2O4. The van der Waals surface area contributed by atoms with Crippen molar-refractivity contribution < 1.29 is 19.1 Å². The third-order valence-corrected chi connectivity index (χ3v) is 2.64. The van der Waals surface area contributed by atoms with Crippen LogP contribution < -0.4 is 10.6 Å². The Morgan fingerprint density at radius 1 is 1.09 bits per heavy atom. The Bertz CT molecular complexity index is 492. The van der Waals surface area contributed by atoms with Crippen LogP contribution in [0.3, 0.4) is 0 Å². The van der Waals surface area contributed by atoms with Crippen molar-refractivity contribution in [1.82, 2.24) is 10.6 Å². The molecule has 0 spiro atoms. The number of hydrogen-bond donors (Lipinski definition) is 2. The monoisotopic (exact) mass is 308 g/mol. The van der Waals surface area contributed by atoms with Gasteiger partial charge in [0.15, 0.2) is 0 Å². The van der Waals surface area contributed by atoms with Gasteiger partial charge in [-0.05, 0) is 38.5 Å². The van der Waals surface area contributed by atoms with E-state index in [-0.39, 0.29) is 5.91 Å². The Hall–Kier alpha value is -2.08. The first-order chi connectivity index (χ1) is 10.3. The van der Waals surface area contributed by atoms with Crippen molar-refractivity contribution in [3.63, 3.8) is 0 Å². The third-order valence-electron chi connectivity index (χ3n) is 2.64. The second kappa shape index (κ2) is 8.38. The number of carbonyl (C=O) groups excluding carboxylic acids is 2. The van der Waals surface area contributed by atoms with Gasteiger partial charge < -0.3 is 20.1 Å². The van der Waals surface area contributed by atoms with Crippen molar-refractivity contribution in [3.8, 4) is 0 Å². The Morgan fingerprint density at radius 3 is 2.27 bits per heavy atom. The summed E-state index contributed by atoms with van der Waals surface area (Å²) in [7, 11) is 1.58. The molecule has 6 heteroatoms. The van der Waals surface area contributed by atoms with Gasteiger partial charge in [-0.1, -0.05) is 12.1 Å². The molecule has 2 N–H and O–H groups in total. The topological polar surface area (TPSA) is 76.7 Å². The minimum Gasteiger partial charge on any atom is -0.444 e. The first-order valence-corrected chi connectivity index (χ1v) is 7.15. The lowest BCUT2D eigenvalue weighted by atomic mass is 10.1. The van der Waals surface area contributed by atoms with Gasteiger partial charge in [0.05, 0.1) is 6.61 Å². The van der Waals surface area contributed by atoms with E-state index in [1.807, 2.05) is 20.8 Å². The molecule has 0 aliphatic rings. The summed E-state index contributed by atoms with van der Waals surface area (Å²) in [6, 6.07) is 7.02. The van der Waals surface area contributed by atoms with Gasteiger partial charge in [0, 0.05) is 25.8 Å². The van der Waals surface area contributed by atoms with Gasteiger partial charge in [-0.15, -0.1) is 0 Å². The number of methoxy groups -OCH3 is 1. The predicted octanol–water partition coefficient (Wildman–Crippen LogP) is 2.09. The highest BCUT2D eigenvalue weighted by Gasteiger charge is 2.15. The van der Waals surface area contributed by atoms with E-state index in [0.717, 1.165) is 5.56 Å². The number of rotatable bonds is 6.